The van der Waals surface area contributed by atoms with E-state index in [9.17, 15) is 4.79 Å². The summed E-state index contributed by atoms with van der Waals surface area (Å²) in [6.07, 6.45) is 0. The second kappa shape index (κ2) is 7.98. The lowest BCUT2D eigenvalue weighted by Crippen LogP contribution is -2.46. The first-order valence-electron chi connectivity index (χ1n) is 9.61. The fourth-order valence-corrected chi connectivity index (χ4v) is 3.56. The monoisotopic (exact) mass is 379 g/mol. The Morgan fingerprint density at radius 1 is 0.964 bits per heavy atom. The van der Waals surface area contributed by atoms with Crippen molar-refractivity contribution in [3.05, 3.63) is 75.4 Å². The molecule has 0 unspecified atom stereocenters. The van der Waals surface area contributed by atoms with Crippen LogP contribution in [-0.4, -0.2) is 46.0 Å². The van der Waals surface area contributed by atoms with Crippen LogP contribution in [-0.2, 0) is 13.1 Å². The van der Waals surface area contributed by atoms with Crippen molar-refractivity contribution in [2.45, 2.75) is 26.9 Å². The van der Waals surface area contributed by atoms with E-state index < -0.39 is 0 Å². The molecule has 7 heteroatoms. The maximum atomic E-state index is 12.2. The molecule has 1 aliphatic rings. The van der Waals surface area contributed by atoms with Gasteiger partial charge in [-0.05, 0) is 25.5 Å². The van der Waals surface area contributed by atoms with E-state index >= 15 is 0 Å². The van der Waals surface area contributed by atoms with Crippen LogP contribution in [0.15, 0.2) is 51.8 Å². The molecule has 1 fully saturated rings. The number of aromatic nitrogens is 3. The van der Waals surface area contributed by atoms with Crippen molar-refractivity contribution in [3.63, 3.8) is 0 Å². The topological polar surface area (TPSA) is 67.4 Å². The van der Waals surface area contributed by atoms with E-state index in [1.807, 2.05) is 50.2 Å². The number of aryl methyl sites for hydroxylation is 2. The van der Waals surface area contributed by atoms with Crippen LogP contribution in [0.2, 0.25) is 0 Å². The van der Waals surface area contributed by atoms with Crippen LogP contribution in [0, 0.1) is 13.8 Å². The molecule has 4 rings (SSSR count). The van der Waals surface area contributed by atoms with Crippen LogP contribution < -0.4 is 10.5 Å². The van der Waals surface area contributed by atoms with Crippen LogP contribution in [0.25, 0.3) is 0 Å². The van der Waals surface area contributed by atoms with Crippen molar-refractivity contribution < 1.29 is 4.52 Å². The summed E-state index contributed by atoms with van der Waals surface area (Å²) in [5.74, 6) is 1.75. The van der Waals surface area contributed by atoms with Gasteiger partial charge in [-0.2, -0.15) is 5.10 Å². The highest BCUT2D eigenvalue weighted by Gasteiger charge is 2.21. The third-order valence-electron chi connectivity index (χ3n) is 5.29. The highest BCUT2D eigenvalue weighted by Crippen LogP contribution is 2.18. The van der Waals surface area contributed by atoms with Gasteiger partial charge in [-0.1, -0.05) is 35.5 Å². The molecular formula is C21H25N5O2. The van der Waals surface area contributed by atoms with Gasteiger partial charge in [0.2, 0.25) is 0 Å². The second-order valence-corrected chi connectivity index (χ2v) is 7.24. The SMILES string of the molecule is Cc1noc(C)c1CN1CCN(c2ccc(=O)n(Cc3ccccc3)n2)CC1. The zero-order valence-corrected chi connectivity index (χ0v) is 16.3. The van der Waals surface area contributed by atoms with E-state index in [4.69, 9.17) is 4.52 Å². The number of benzene rings is 1. The van der Waals surface area contributed by atoms with E-state index in [2.05, 4.69) is 20.1 Å². The van der Waals surface area contributed by atoms with Crippen LogP contribution in [0.3, 0.4) is 0 Å². The zero-order valence-electron chi connectivity index (χ0n) is 16.3. The van der Waals surface area contributed by atoms with Crippen LogP contribution in [0.1, 0.15) is 22.6 Å². The van der Waals surface area contributed by atoms with Gasteiger partial charge < -0.3 is 9.42 Å². The molecule has 3 aromatic rings. The molecule has 0 radical (unpaired) electrons. The Morgan fingerprint density at radius 3 is 2.39 bits per heavy atom. The van der Waals surface area contributed by atoms with E-state index in [0.29, 0.717) is 6.54 Å². The van der Waals surface area contributed by atoms with E-state index in [1.54, 1.807) is 10.7 Å². The fourth-order valence-electron chi connectivity index (χ4n) is 3.56. The summed E-state index contributed by atoms with van der Waals surface area (Å²) in [5.41, 5.74) is 3.14. The maximum absolute atomic E-state index is 12.2. The second-order valence-electron chi connectivity index (χ2n) is 7.24. The minimum absolute atomic E-state index is 0.0790. The minimum atomic E-state index is -0.0790. The number of anilines is 1. The van der Waals surface area contributed by atoms with Gasteiger partial charge in [-0.3, -0.25) is 9.69 Å². The summed E-state index contributed by atoms with van der Waals surface area (Å²) < 4.78 is 6.81. The molecule has 0 atom stereocenters. The van der Waals surface area contributed by atoms with Gasteiger partial charge >= 0.3 is 0 Å². The third-order valence-corrected chi connectivity index (χ3v) is 5.29. The molecule has 1 saturated heterocycles. The Balaban J connectivity index is 1.42. The normalized spacial score (nSPS) is 15.1. The van der Waals surface area contributed by atoms with Gasteiger partial charge in [-0.25, -0.2) is 4.68 Å². The van der Waals surface area contributed by atoms with Crippen molar-refractivity contribution in [1.29, 1.82) is 0 Å². The molecule has 0 bridgehead atoms. The number of rotatable bonds is 5. The first kappa shape index (κ1) is 18.4. The Hall–Kier alpha value is -2.93. The van der Waals surface area contributed by atoms with Gasteiger partial charge in [0, 0.05) is 44.4 Å². The molecule has 0 aliphatic carbocycles. The summed E-state index contributed by atoms with van der Waals surface area (Å²) in [5, 5.41) is 8.65. The standard InChI is InChI=1S/C21H25N5O2/c1-16-19(17(2)28-23-16)15-24-10-12-25(13-11-24)20-8-9-21(27)26(22-20)14-18-6-4-3-5-7-18/h3-9H,10-15H2,1-2H3. The molecule has 0 amide bonds. The van der Waals surface area contributed by atoms with Crippen LogP contribution in [0.4, 0.5) is 5.82 Å². The third kappa shape index (κ3) is 3.99. The number of hydrogen-bond donors (Lipinski definition) is 0. The largest absolute Gasteiger partial charge is 0.361 e. The first-order chi connectivity index (χ1) is 13.6. The minimum Gasteiger partial charge on any atom is -0.361 e. The Morgan fingerprint density at radius 2 is 1.71 bits per heavy atom. The molecule has 0 N–H and O–H groups in total. The lowest BCUT2D eigenvalue weighted by Gasteiger charge is -2.35. The van der Waals surface area contributed by atoms with Crippen molar-refractivity contribution in [1.82, 2.24) is 19.8 Å². The van der Waals surface area contributed by atoms with Crippen LogP contribution >= 0.6 is 0 Å². The Kier molecular flexibility index (Phi) is 5.25. The smallest absolute Gasteiger partial charge is 0.267 e. The van der Waals surface area contributed by atoms with Crippen molar-refractivity contribution >= 4 is 5.82 Å². The predicted octanol–water partition coefficient (Wildman–Crippen LogP) is 2.22. The predicted molar refractivity (Wildman–Crippen MR) is 108 cm³/mol. The molecule has 0 saturated carbocycles. The Bertz CT molecular complexity index is 968. The highest BCUT2D eigenvalue weighted by molar-refractivity contribution is 5.37. The van der Waals surface area contributed by atoms with E-state index in [0.717, 1.165) is 55.6 Å². The molecule has 0 spiro atoms. The summed E-state index contributed by atoms with van der Waals surface area (Å²) in [6.45, 7) is 8.91. The summed E-state index contributed by atoms with van der Waals surface area (Å²) >= 11 is 0. The highest BCUT2D eigenvalue weighted by atomic mass is 16.5. The molecule has 1 aromatic carbocycles. The van der Waals surface area contributed by atoms with Gasteiger partial charge in [0.1, 0.15) is 11.6 Å². The van der Waals surface area contributed by atoms with E-state index in [1.165, 1.54) is 5.56 Å². The maximum Gasteiger partial charge on any atom is 0.267 e. The molecule has 28 heavy (non-hydrogen) atoms. The molecule has 146 valence electrons. The zero-order chi connectivity index (χ0) is 19.5. The molecule has 2 aromatic heterocycles. The molecule has 3 heterocycles. The molecule has 1 aliphatic heterocycles. The number of hydrogen-bond acceptors (Lipinski definition) is 6. The van der Waals surface area contributed by atoms with Gasteiger partial charge in [0.25, 0.3) is 5.56 Å². The Labute approximate surface area is 164 Å². The first-order valence-corrected chi connectivity index (χ1v) is 9.61. The van der Waals surface area contributed by atoms with Gasteiger partial charge in [0.15, 0.2) is 0 Å². The van der Waals surface area contributed by atoms with Crippen molar-refractivity contribution in [3.8, 4) is 0 Å². The van der Waals surface area contributed by atoms with Gasteiger partial charge in [0.05, 0.1) is 12.2 Å². The van der Waals surface area contributed by atoms with Crippen molar-refractivity contribution in [2.24, 2.45) is 0 Å². The van der Waals surface area contributed by atoms with E-state index in [-0.39, 0.29) is 5.56 Å². The van der Waals surface area contributed by atoms with Gasteiger partial charge in [-0.15, -0.1) is 0 Å². The lowest BCUT2D eigenvalue weighted by atomic mass is 10.2. The van der Waals surface area contributed by atoms with Crippen molar-refractivity contribution in [2.75, 3.05) is 31.1 Å². The fraction of sp³-hybridized carbons (Fsp3) is 0.381. The summed E-state index contributed by atoms with van der Waals surface area (Å²) in [7, 11) is 0. The number of piperazine rings is 1. The molecule has 7 nitrogen and oxygen atoms in total. The average Bonchev–Trinajstić information content (AvgIpc) is 3.03. The van der Waals surface area contributed by atoms with Crippen LogP contribution in [0.5, 0.6) is 0 Å². The summed E-state index contributed by atoms with van der Waals surface area (Å²) in [6, 6.07) is 13.4. The quantitative estimate of drug-likeness (QED) is 0.677. The molecular weight excluding hydrogens is 354 g/mol. The summed E-state index contributed by atoms with van der Waals surface area (Å²) in [4.78, 5) is 16.9. The number of nitrogens with zero attached hydrogens (tertiary/aromatic N) is 5. The average molecular weight is 379 g/mol. The lowest BCUT2D eigenvalue weighted by molar-refractivity contribution is 0.247.